The van der Waals surface area contributed by atoms with Crippen molar-refractivity contribution in [1.29, 1.82) is 0 Å². The van der Waals surface area contributed by atoms with Gasteiger partial charge in [-0.3, -0.25) is 9.69 Å². The molecule has 1 aromatic heterocycles. The predicted molar refractivity (Wildman–Crippen MR) is 75.3 cm³/mol. The summed E-state index contributed by atoms with van der Waals surface area (Å²) in [7, 11) is 2.01. The van der Waals surface area contributed by atoms with Crippen LogP contribution in [0.15, 0.2) is 12.1 Å². The largest absolute Gasteiger partial charge is 0.294 e. The lowest BCUT2D eigenvalue weighted by molar-refractivity contribution is 0.0824. The highest BCUT2D eigenvalue weighted by Crippen LogP contribution is 2.24. The van der Waals surface area contributed by atoms with Crippen molar-refractivity contribution in [3.63, 3.8) is 0 Å². The summed E-state index contributed by atoms with van der Waals surface area (Å²) >= 11 is 7.21. The van der Waals surface area contributed by atoms with E-state index >= 15 is 0 Å². The van der Waals surface area contributed by atoms with Crippen LogP contribution in [0.4, 0.5) is 0 Å². The van der Waals surface area contributed by atoms with Gasteiger partial charge in [-0.25, -0.2) is 0 Å². The zero-order chi connectivity index (χ0) is 13.0. The van der Waals surface area contributed by atoms with Crippen LogP contribution in [-0.2, 0) is 0 Å². The normalized spacial score (nSPS) is 14.9. The molecule has 2 nitrogen and oxygen atoms in total. The number of hydrogen-bond donors (Lipinski definition) is 0. The van der Waals surface area contributed by atoms with E-state index < -0.39 is 0 Å². The molecule has 0 radical (unpaired) electrons. The predicted octanol–water partition coefficient (Wildman–Crippen LogP) is 4.09. The molecule has 1 aromatic rings. The highest BCUT2D eigenvalue weighted by atomic mass is 35.5. The van der Waals surface area contributed by atoms with E-state index in [1.54, 1.807) is 6.07 Å². The zero-order valence-corrected chi connectivity index (χ0v) is 12.4. The van der Waals surface area contributed by atoms with Crippen molar-refractivity contribution < 1.29 is 4.79 Å². The molecule has 0 saturated carbocycles. The van der Waals surface area contributed by atoms with E-state index in [2.05, 4.69) is 18.7 Å². The summed E-state index contributed by atoms with van der Waals surface area (Å²) in [6, 6.07) is 3.92. The maximum absolute atomic E-state index is 12.2. The molecule has 1 rings (SSSR count). The summed E-state index contributed by atoms with van der Waals surface area (Å²) < 4.78 is 0.671. The number of rotatable bonds is 6. The van der Waals surface area contributed by atoms with Crippen LogP contribution >= 0.6 is 22.9 Å². The fourth-order valence-electron chi connectivity index (χ4n) is 1.84. The van der Waals surface area contributed by atoms with E-state index in [-0.39, 0.29) is 11.8 Å². The van der Waals surface area contributed by atoms with Gasteiger partial charge in [-0.15, -0.1) is 11.3 Å². The van der Waals surface area contributed by atoms with E-state index in [4.69, 9.17) is 11.6 Å². The Morgan fingerprint density at radius 3 is 2.59 bits per heavy atom. The van der Waals surface area contributed by atoms with Gasteiger partial charge in [0.15, 0.2) is 5.78 Å². The summed E-state index contributed by atoms with van der Waals surface area (Å²) in [5, 5.41) is 0. The molecular formula is C13H20ClNOS. The maximum atomic E-state index is 12.2. The van der Waals surface area contributed by atoms with Crippen LogP contribution in [0, 0.1) is 0 Å². The van der Waals surface area contributed by atoms with Gasteiger partial charge in [0.05, 0.1) is 15.3 Å². The maximum Gasteiger partial charge on any atom is 0.189 e. The number of ketones is 1. The highest BCUT2D eigenvalue weighted by Gasteiger charge is 2.23. The molecule has 2 unspecified atom stereocenters. The Morgan fingerprint density at radius 1 is 1.47 bits per heavy atom. The number of halogens is 1. The average molecular weight is 274 g/mol. The average Bonchev–Trinajstić information content (AvgIpc) is 2.73. The number of carbonyl (C=O) groups is 1. The fraction of sp³-hybridized carbons (Fsp3) is 0.615. The van der Waals surface area contributed by atoms with E-state index in [0.717, 1.165) is 17.7 Å². The van der Waals surface area contributed by atoms with Crippen LogP contribution in [0.5, 0.6) is 0 Å². The first kappa shape index (κ1) is 14.7. The van der Waals surface area contributed by atoms with Crippen molar-refractivity contribution in [2.45, 2.75) is 45.7 Å². The molecule has 0 aromatic carbocycles. The first-order valence-electron chi connectivity index (χ1n) is 5.98. The van der Waals surface area contributed by atoms with Gasteiger partial charge in [0.1, 0.15) is 0 Å². The third-order valence-corrected chi connectivity index (χ3v) is 4.45. The van der Waals surface area contributed by atoms with Crippen LogP contribution in [-0.4, -0.2) is 29.8 Å². The van der Waals surface area contributed by atoms with Crippen molar-refractivity contribution in [2.24, 2.45) is 0 Å². The van der Waals surface area contributed by atoms with E-state index in [1.807, 2.05) is 20.0 Å². The Kier molecular flexibility index (Phi) is 5.63. The molecule has 0 saturated heterocycles. The molecular weight excluding hydrogens is 254 g/mol. The molecule has 0 N–H and O–H groups in total. The Labute approximate surface area is 113 Å². The first-order valence-corrected chi connectivity index (χ1v) is 7.18. The topological polar surface area (TPSA) is 20.3 Å². The van der Waals surface area contributed by atoms with Crippen LogP contribution < -0.4 is 0 Å². The van der Waals surface area contributed by atoms with Crippen molar-refractivity contribution in [1.82, 2.24) is 4.90 Å². The summed E-state index contributed by atoms with van der Waals surface area (Å²) in [5.74, 6) is 0.160. The van der Waals surface area contributed by atoms with Crippen molar-refractivity contribution >= 4 is 28.7 Å². The summed E-state index contributed by atoms with van der Waals surface area (Å²) in [5.41, 5.74) is 0. The molecule has 0 fully saturated rings. The van der Waals surface area contributed by atoms with Gasteiger partial charge in [0, 0.05) is 6.04 Å². The molecule has 17 heavy (non-hydrogen) atoms. The number of thiophene rings is 1. The molecule has 1 heterocycles. The molecule has 0 amide bonds. The van der Waals surface area contributed by atoms with E-state index in [9.17, 15) is 4.79 Å². The number of Topliss-reactive ketones (excluding diaryl/α,β-unsaturated/α-hetero) is 1. The monoisotopic (exact) mass is 273 g/mol. The minimum absolute atomic E-state index is 0.0914. The molecule has 2 atom stereocenters. The molecule has 0 spiro atoms. The van der Waals surface area contributed by atoms with E-state index in [0.29, 0.717) is 10.4 Å². The number of carbonyl (C=O) groups excluding carboxylic acids is 1. The number of likely N-dealkylation sites (N-methyl/N-ethyl adjacent to an activating group) is 1. The third-order valence-electron chi connectivity index (χ3n) is 3.21. The van der Waals surface area contributed by atoms with Crippen molar-refractivity contribution in [2.75, 3.05) is 7.05 Å². The summed E-state index contributed by atoms with van der Waals surface area (Å²) in [6.07, 6.45) is 2.25. The number of nitrogens with zero attached hydrogens (tertiary/aromatic N) is 1. The minimum atomic E-state index is -0.0914. The Balaban J connectivity index is 2.69. The van der Waals surface area contributed by atoms with Crippen molar-refractivity contribution in [3.8, 4) is 0 Å². The molecule has 0 aliphatic rings. The second kappa shape index (κ2) is 6.53. The van der Waals surface area contributed by atoms with Gasteiger partial charge in [-0.2, -0.15) is 0 Å². The second-order valence-electron chi connectivity index (χ2n) is 4.45. The molecule has 96 valence electrons. The highest BCUT2D eigenvalue weighted by molar-refractivity contribution is 7.18. The Bertz CT molecular complexity index is 377. The minimum Gasteiger partial charge on any atom is -0.294 e. The molecule has 0 bridgehead atoms. The molecule has 4 heteroatoms. The van der Waals surface area contributed by atoms with Crippen LogP contribution in [0.3, 0.4) is 0 Å². The molecule has 0 aliphatic carbocycles. The Hall–Kier alpha value is -0.380. The fourth-order valence-corrected chi connectivity index (χ4v) is 2.91. The zero-order valence-electron chi connectivity index (χ0n) is 10.9. The Morgan fingerprint density at radius 2 is 2.12 bits per heavy atom. The quantitative estimate of drug-likeness (QED) is 0.728. The van der Waals surface area contributed by atoms with Gasteiger partial charge in [-0.05, 0) is 39.4 Å². The third kappa shape index (κ3) is 3.80. The first-order chi connectivity index (χ1) is 7.97. The smallest absolute Gasteiger partial charge is 0.189 e. The van der Waals surface area contributed by atoms with Gasteiger partial charge in [0.2, 0.25) is 0 Å². The lowest BCUT2D eigenvalue weighted by Crippen LogP contribution is -2.41. The molecule has 0 aliphatic heterocycles. The second-order valence-corrected chi connectivity index (χ2v) is 6.16. The van der Waals surface area contributed by atoms with Gasteiger partial charge < -0.3 is 0 Å². The lowest BCUT2D eigenvalue weighted by Gasteiger charge is -2.29. The summed E-state index contributed by atoms with van der Waals surface area (Å²) in [4.78, 5) is 15.1. The summed E-state index contributed by atoms with van der Waals surface area (Å²) in [6.45, 7) is 6.28. The van der Waals surface area contributed by atoms with Gasteiger partial charge in [-0.1, -0.05) is 24.9 Å². The van der Waals surface area contributed by atoms with Crippen molar-refractivity contribution in [3.05, 3.63) is 21.3 Å². The standard InChI is InChI=1S/C13H20ClNOS/c1-5-6-9(2)15(4)10(3)13(16)11-7-8-12(14)17-11/h7-10H,5-6H2,1-4H3. The van der Waals surface area contributed by atoms with Crippen LogP contribution in [0.2, 0.25) is 4.34 Å². The lowest BCUT2D eigenvalue weighted by atomic mass is 10.1. The van der Waals surface area contributed by atoms with Gasteiger partial charge >= 0.3 is 0 Å². The van der Waals surface area contributed by atoms with Gasteiger partial charge in [0.25, 0.3) is 0 Å². The van der Waals surface area contributed by atoms with Crippen LogP contribution in [0.1, 0.15) is 43.3 Å². The van der Waals surface area contributed by atoms with Crippen LogP contribution in [0.25, 0.3) is 0 Å². The number of hydrogen-bond acceptors (Lipinski definition) is 3. The SMILES string of the molecule is CCCC(C)N(C)C(C)C(=O)c1ccc(Cl)s1. The van der Waals surface area contributed by atoms with E-state index in [1.165, 1.54) is 11.3 Å².